The molecule has 6 nitrogen and oxygen atoms in total. The number of nitrogens with one attached hydrogen (secondary N) is 2. The molecule has 0 bridgehead atoms. The summed E-state index contributed by atoms with van der Waals surface area (Å²) in [5.74, 6) is 0.447. The van der Waals surface area contributed by atoms with Gasteiger partial charge in [-0.15, -0.1) is 0 Å². The molecule has 2 atom stereocenters. The smallest absolute Gasteiger partial charge is 0.319 e. The highest BCUT2D eigenvalue weighted by Gasteiger charge is 2.17. The number of halogens is 2. The first-order chi connectivity index (χ1) is 11.8. The fourth-order valence-electron chi connectivity index (χ4n) is 2.13. The standard InChI is InChI=1S/C16H16Cl2N2O4S/c1-9(12-7-8-13(24-2)15(18)14(12)17)19-16(21)20-10-3-5-11(6-4-10)25(22)23/h3-9H,1-2H3,(H,22,23)(H2,19,20,21)/p-1/t9-/m0/s1. The first-order valence-electron chi connectivity index (χ1n) is 7.12. The lowest BCUT2D eigenvalue weighted by atomic mass is 10.1. The molecule has 2 amide bonds. The van der Waals surface area contributed by atoms with Gasteiger partial charge in [0, 0.05) is 10.6 Å². The molecule has 0 aromatic heterocycles. The number of amides is 2. The van der Waals surface area contributed by atoms with Crippen molar-refractivity contribution in [3.63, 3.8) is 0 Å². The van der Waals surface area contributed by atoms with Gasteiger partial charge in [0.05, 0.1) is 18.2 Å². The van der Waals surface area contributed by atoms with Crippen molar-refractivity contribution in [3.8, 4) is 5.75 Å². The number of hydrogen-bond donors (Lipinski definition) is 2. The van der Waals surface area contributed by atoms with Gasteiger partial charge in [-0.2, -0.15) is 0 Å². The number of anilines is 1. The Labute approximate surface area is 157 Å². The highest BCUT2D eigenvalue weighted by Crippen LogP contribution is 2.36. The van der Waals surface area contributed by atoms with E-state index in [4.69, 9.17) is 27.9 Å². The lowest BCUT2D eigenvalue weighted by Crippen LogP contribution is -2.31. The van der Waals surface area contributed by atoms with Gasteiger partial charge in [0.2, 0.25) is 0 Å². The number of hydrogen-bond acceptors (Lipinski definition) is 4. The average molecular weight is 402 g/mol. The van der Waals surface area contributed by atoms with Gasteiger partial charge >= 0.3 is 6.03 Å². The third-order valence-electron chi connectivity index (χ3n) is 3.42. The van der Waals surface area contributed by atoms with E-state index in [2.05, 4.69) is 10.6 Å². The Morgan fingerprint density at radius 2 is 1.80 bits per heavy atom. The molecule has 0 radical (unpaired) electrons. The predicted octanol–water partition coefficient (Wildman–Crippen LogP) is 4.12. The zero-order valence-electron chi connectivity index (χ0n) is 13.3. The summed E-state index contributed by atoms with van der Waals surface area (Å²) in [6, 6.07) is 8.28. The van der Waals surface area contributed by atoms with Crippen LogP contribution in [0.15, 0.2) is 41.3 Å². The van der Waals surface area contributed by atoms with Gasteiger partial charge in [0.25, 0.3) is 0 Å². The number of rotatable bonds is 5. The van der Waals surface area contributed by atoms with Crippen LogP contribution < -0.4 is 15.4 Å². The minimum atomic E-state index is -2.31. The average Bonchev–Trinajstić information content (AvgIpc) is 2.57. The van der Waals surface area contributed by atoms with E-state index >= 15 is 0 Å². The Balaban J connectivity index is 2.05. The molecule has 9 heteroatoms. The number of carbonyl (C=O) groups is 1. The van der Waals surface area contributed by atoms with Crippen LogP contribution >= 0.6 is 23.2 Å². The summed E-state index contributed by atoms with van der Waals surface area (Å²) in [5, 5.41) is 5.92. The number of methoxy groups -OCH3 is 1. The maximum Gasteiger partial charge on any atom is 0.319 e. The first kappa shape index (κ1) is 19.5. The Morgan fingerprint density at radius 1 is 1.16 bits per heavy atom. The van der Waals surface area contributed by atoms with Crippen LogP contribution in [0.2, 0.25) is 10.0 Å². The molecule has 0 aliphatic carbocycles. The van der Waals surface area contributed by atoms with E-state index in [1.165, 1.54) is 31.4 Å². The second kappa shape index (κ2) is 8.53. The normalized spacial score (nSPS) is 13.0. The molecule has 0 saturated heterocycles. The van der Waals surface area contributed by atoms with Crippen LogP contribution in [0.5, 0.6) is 5.75 Å². The van der Waals surface area contributed by atoms with Crippen LogP contribution in [0.25, 0.3) is 0 Å². The lowest BCUT2D eigenvalue weighted by Gasteiger charge is -2.18. The second-order valence-corrected chi connectivity index (χ2v) is 6.76. The molecular formula is C16H15Cl2N2O4S-. The Morgan fingerprint density at radius 3 is 2.36 bits per heavy atom. The summed E-state index contributed by atoms with van der Waals surface area (Å²) in [7, 11) is 1.49. The molecule has 2 aromatic rings. The molecule has 134 valence electrons. The van der Waals surface area contributed by atoms with Crippen molar-refractivity contribution in [1.82, 2.24) is 5.32 Å². The summed E-state index contributed by atoms with van der Waals surface area (Å²) in [6.45, 7) is 1.76. The monoisotopic (exact) mass is 401 g/mol. The second-order valence-electron chi connectivity index (χ2n) is 5.06. The zero-order chi connectivity index (χ0) is 18.6. The molecule has 0 spiro atoms. The van der Waals surface area contributed by atoms with Crippen molar-refractivity contribution in [2.45, 2.75) is 17.9 Å². The highest BCUT2D eigenvalue weighted by molar-refractivity contribution is 7.79. The summed E-state index contributed by atoms with van der Waals surface area (Å²) in [5.41, 5.74) is 1.09. The summed E-state index contributed by atoms with van der Waals surface area (Å²) in [4.78, 5) is 12.2. The molecule has 1 unspecified atom stereocenters. The molecular weight excluding hydrogens is 387 g/mol. The molecule has 2 rings (SSSR count). The summed E-state index contributed by atoms with van der Waals surface area (Å²) >= 11 is 10.0. The highest BCUT2D eigenvalue weighted by atomic mass is 35.5. The quantitative estimate of drug-likeness (QED) is 0.736. The maximum atomic E-state index is 12.1. The number of benzene rings is 2. The lowest BCUT2D eigenvalue weighted by molar-refractivity contribution is 0.249. The van der Waals surface area contributed by atoms with E-state index in [-0.39, 0.29) is 9.92 Å². The van der Waals surface area contributed by atoms with E-state index < -0.39 is 23.2 Å². The Bertz CT molecular complexity index is 799. The third kappa shape index (κ3) is 4.85. The molecule has 0 aliphatic heterocycles. The van der Waals surface area contributed by atoms with E-state index in [1.807, 2.05) is 0 Å². The van der Waals surface area contributed by atoms with Gasteiger partial charge in [-0.3, -0.25) is 4.21 Å². The van der Waals surface area contributed by atoms with Gasteiger partial charge in [-0.05, 0) is 53.9 Å². The Hall–Kier alpha value is -1.80. The van der Waals surface area contributed by atoms with Crippen molar-refractivity contribution in [2.75, 3.05) is 12.4 Å². The van der Waals surface area contributed by atoms with Crippen molar-refractivity contribution >= 4 is 46.0 Å². The van der Waals surface area contributed by atoms with E-state index in [0.29, 0.717) is 22.0 Å². The summed E-state index contributed by atoms with van der Waals surface area (Å²) < 4.78 is 26.7. The fraction of sp³-hybridized carbons (Fsp3) is 0.188. The number of ether oxygens (including phenoxy) is 1. The molecule has 0 aliphatic rings. The summed E-state index contributed by atoms with van der Waals surface area (Å²) in [6.07, 6.45) is 0. The van der Waals surface area contributed by atoms with Crippen molar-refractivity contribution in [2.24, 2.45) is 0 Å². The molecule has 0 heterocycles. The van der Waals surface area contributed by atoms with Gasteiger partial charge < -0.3 is 19.9 Å². The zero-order valence-corrected chi connectivity index (χ0v) is 15.7. The van der Waals surface area contributed by atoms with Crippen molar-refractivity contribution in [3.05, 3.63) is 52.0 Å². The van der Waals surface area contributed by atoms with Crippen LogP contribution in [-0.4, -0.2) is 21.9 Å². The molecule has 0 saturated carbocycles. The Kier molecular flexibility index (Phi) is 6.66. The fourth-order valence-corrected chi connectivity index (χ4v) is 3.06. The van der Waals surface area contributed by atoms with Crippen LogP contribution in [0.3, 0.4) is 0 Å². The van der Waals surface area contributed by atoms with Crippen LogP contribution in [-0.2, 0) is 11.1 Å². The first-order valence-corrected chi connectivity index (χ1v) is 8.95. The predicted molar refractivity (Wildman–Crippen MR) is 97.2 cm³/mol. The van der Waals surface area contributed by atoms with Crippen LogP contribution in [0.4, 0.5) is 10.5 Å². The van der Waals surface area contributed by atoms with Gasteiger partial charge in [-0.1, -0.05) is 29.3 Å². The molecule has 25 heavy (non-hydrogen) atoms. The van der Waals surface area contributed by atoms with Gasteiger partial charge in [0.1, 0.15) is 10.8 Å². The molecule has 2 aromatic carbocycles. The van der Waals surface area contributed by atoms with Crippen LogP contribution in [0.1, 0.15) is 18.5 Å². The topological polar surface area (TPSA) is 90.5 Å². The number of urea groups is 1. The van der Waals surface area contributed by atoms with Crippen molar-refractivity contribution in [1.29, 1.82) is 0 Å². The van der Waals surface area contributed by atoms with Crippen LogP contribution in [0, 0.1) is 0 Å². The number of carbonyl (C=O) groups excluding carboxylic acids is 1. The maximum absolute atomic E-state index is 12.1. The van der Waals surface area contributed by atoms with E-state index in [9.17, 15) is 13.6 Å². The van der Waals surface area contributed by atoms with Crippen molar-refractivity contribution < 1.29 is 18.3 Å². The molecule has 0 fully saturated rings. The third-order valence-corrected chi connectivity index (χ3v) is 4.95. The van der Waals surface area contributed by atoms with E-state index in [1.54, 1.807) is 19.1 Å². The van der Waals surface area contributed by atoms with Gasteiger partial charge in [-0.25, -0.2) is 4.79 Å². The minimum Gasteiger partial charge on any atom is -0.768 e. The molecule has 2 N–H and O–H groups in total. The van der Waals surface area contributed by atoms with E-state index in [0.717, 1.165) is 0 Å². The van der Waals surface area contributed by atoms with Gasteiger partial charge in [0.15, 0.2) is 0 Å². The minimum absolute atomic E-state index is 0.138. The largest absolute Gasteiger partial charge is 0.768 e. The SMILES string of the molecule is COc1ccc([C@H](C)NC(=O)Nc2ccc(S(=O)[O-])cc2)c(Cl)c1Cl.